The third kappa shape index (κ3) is 6.37. The van der Waals surface area contributed by atoms with Crippen molar-refractivity contribution in [3.8, 4) is 11.1 Å². The van der Waals surface area contributed by atoms with Crippen LogP contribution in [-0.2, 0) is 12.7 Å². The standard InChI is InChI=1S/C33H31F3N8O/c34-33(35,36)28-6-2-1-4-21(28)19-44-30-22(14-27(31(44)45)23-16-38-29(39-17-23)20-7-8-20)15-40-32(43-30)42-25-11-9-24(10-12-25)41-26-5-3-13-37-18-26/h1-2,4,6,9-12,14-17,20,26,37,41H,3,5,7-8,13,18-19H2,(H,40,42,43). The van der Waals surface area contributed by atoms with E-state index in [4.69, 9.17) is 0 Å². The predicted octanol–water partition coefficient (Wildman–Crippen LogP) is 6.10. The number of hydrogen-bond donors (Lipinski definition) is 3. The minimum absolute atomic E-state index is 0.0461. The number of nitrogens with one attached hydrogen (secondary N) is 3. The zero-order valence-electron chi connectivity index (χ0n) is 24.3. The van der Waals surface area contributed by atoms with Crippen molar-refractivity contribution in [2.75, 3.05) is 23.7 Å². The van der Waals surface area contributed by atoms with Gasteiger partial charge in [0.15, 0.2) is 0 Å². The molecule has 0 radical (unpaired) electrons. The summed E-state index contributed by atoms with van der Waals surface area (Å²) in [7, 11) is 0. The summed E-state index contributed by atoms with van der Waals surface area (Å²) in [5.74, 6) is 1.28. The van der Waals surface area contributed by atoms with Crippen LogP contribution >= 0.6 is 0 Å². The highest BCUT2D eigenvalue weighted by molar-refractivity contribution is 5.81. The Balaban J connectivity index is 1.24. The van der Waals surface area contributed by atoms with Gasteiger partial charge in [0.2, 0.25) is 5.95 Å². The van der Waals surface area contributed by atoms with Crippen LogP contribution in [0.15, 0.2) is 78.0 Å². The second kappa shape index (κ2) is 11.9. The quantitative estimate of drug-likeness (QED) is 0.193. The van der Waals surface area contributed by atoms with E-state index in [2.05, 4.69) is 35.9 Å². The van der Waals surface area contributed by atoms with Gasteiger partial charge in [0.05, 0.1) is 17.7 Å². The first kappa shape index (κ1) is 28.9. The molecule has 5 aromatic rings. The molecule has 45 heavy (non-hydrogen) atoms. The molecule has 230 valence electrons. The van der Waals surface area contributed by atoms with Crippen LogP contribution in [0.25, 0.3) is 22.2 Å². The summed E-state index contributed by atoms with van der Waals surface area (Å²) in [4.78, 5) is 31.9. The molecule has 2 aromatic carbocycles. The molecule has 1 aliphatic carbocycles. The van der Waals surface area contributed by atoms with Crippen LogP contribution in [-0.4, -0.2) is 43.6 Å². The largest absolute Gasteiger partial charge is 0.416 e. The maximum Gasteiger partial charge on any atom is 0.416 e. The van der Waals surface area contributed by atoms with Gasteiger partial charge in [-0.05, 0) is 74.2 Å². The SMILES string of the molecule is O=c1c(-c2cnc(C3CC3)nc2)cc2cnc(Nc3ccc(NC4CCCNC4)cc3)nc2n1Cc1ccccc1C(F)(F)F. The molecule has 1 atom stereocenters. The van der Waals surface area contributed by atoms with Crippen molar-refractivity contribution in [3.05, 3.63) is 100 Å². The first-order valence-electron chi connectivity index (χ1n) is 15.0. The van der Waals surface area contributed by atoms with E-state index in [1.54, 1.807) is 24.7 Å². The Kier molecular flexibility index (Phi) is 7.66. The molecule has 3 aromatic heterocycles. The molecule has 12 heteroatoms. The number of rotatable bonds is 8. The van der Waals surface area contributed by atoms with Crippen LogP contribution in [0.5, 0.6) is 0 Å². The molecular weight excluding hydrogens is 581 g/mol. The summed E-state index contributed by atoms with van der Waals surface area (Å²) in [5, 5.41) is 10.6. The van der Waals surface area contributed by atoms with Gasteiger partial charge in [0, 0.05) is 59.4 Å². The van der Waals surface area contributed by atoms with E-state index in [1.807, 2.05) is 24.3 Å². The van der Waals surface area contributed by atoms with Gasteiger partial charge in [-0.2, -0.15) is 18.2 Å². The number of hydrogen-bond acceptors (Lipinski definition) is 8. The number of anilines is 3. The second-order valence-electron chi connectivity index (χ2n) is 11.6. The highest BCUT2D eigenvalue weighted by Crippen LogP contribution is 2.38. The van der Waals surface area contributed by atoms with Crippen molar-refractivity contribution in [2.24, 2.45) is 0 Å². The van der Waals surface area contributed by atoms with Crippen molar-refractivity contribution in [1.82, 2.24) is 29.8 Å². The van der Waals surface area contributed by atoms with E-state index in [1.165, 1.54) is 22.8 Å². The lowest BCUT2D eigenvalue weighted by atomic mass is 10.1. The average molecular weight is 613 g/mol. The topological polar surface area (TPSA) is 110 Å². The Morgan fingerprint density at radius 3 is 2.40 bits per heavy atom. The van der Waals surface area contributed by atoms with E-state index in [0.717, 1.165) is 62.0 Å². The Morgan fingerprint density at radius 1 is 0.933 bits per heavy atom. The number of fused-ring (bicyclic) bond motifs is 1. The zero-order chi connectivity index (χ0) is 31.0. The Hall–Kier alpha value is -4.84. The van der Waals surface area contributed by atoms with Crippen molar-refractivity contribution in [1.29, 1.82) is 0 Å². The van der Waals surface area contributed by atoms with E-state index < -0.39 is 17.3 Å². The number of alkyl halides is 3. The molecule has 2 fully saturated rings. The monoisotopic (exact) mass is 612 g/mol. The third-order valence-electron chi connectivity index (χ3n) is 8.21. The summed E-state index contributed by atoms with van der Waals surface area (Å²) < 4.78 is 43.1. The van der Waals surface area contributed by atoms with Crippen molar-refractivity contribution >= 4 is 28.4 Å². The van der Waals surface area contributed by atoms with Gasteiger partial charge in [-0.1, -0.05) is 18.2 Å². The molecule has 1 aliphatic heterocycles. The van der Waals surface area contributed by atoms with Gasteiger partial charge >= 0.3 is 6.18 Å². The van der Waals surface area contributed by atoms with Gasteiger partial charge in [-0.25, -0.2) is 15.0 Å². The van der Waals surface area contributed by atoms with Crippen LogP contribution in [0.3, 0.4) is 0 Å². The van der Waals surface area contributed by atoms with E-state index in [-0.39, 0.29) is 29.3 Å². The maximum atomic E-state index is 14.0. The predicted molar refractivity (Wildman–Crippen MR) is 167 cm³/mol. The number of pyridine rings is 1. The van der Waals surface area contributed by atoms with E-state index in [0.29, 0.717) is 22.9 Å². The summed E-state index contributed by atoms with van der Waals surface area (Å²) in [6, 6.07) is 15.0. The van der Waals surface area contributed by atoms with Gasteiger partial charge in [-0.3, -0.25) is 9.36 Å². The normalized spacial score (nSPS) is 16.9. The van der Waals surface area contributed by atoms with Crippen molar-refractivity contribution in [3.63, 3.8) is 0 Å². The zero-order valence-corrected chi connectivity index (χ0v) is 24.3. The molecule has 1 saturated heterocycles. The summed E-state index contributed by atoms with van der Waals surface area (Å²) in [5.41, 5.74) is 1.30. The Morgan fingerprint density at radius 2 is 1.69 bits per heavy atom. The van der Waals surface area contributed by atoms with Crippen LogP contribution in [0.4, 0.5) is 30.5 Å². The van der Waals surface area contributed by atoms with Gasteiger partial charge < -0.3 is 16.0 Å². The lowest BCUT2D eigenvalue weighted by Crippen LogP contribution is -2.38. The van der Waals surface area contributed by atoms with Crippen molar-refractivity contribution < 1.29 is 13.2 Å². The lowest BCUT2D eigenvalue weighted by Gasteiger charge is -2.24. The smallest absolute Gasteiger partial charge is 0.381 e. The maximum absolute atomic E-state index is 14.0. The fraction of sp³-hybridized carbons (Fsp3) is 0.303. The molecule has 0 amide bonds. The molecule has 1 saturated carbocycles. The van der Waals surface area contributed by atoms with Gasteiger partial charge in [-0.15, -0.1) is 0 Å². The number of piperidine rings is 1. The summed E-state index contributed by atoms with van der Waals surface area (Å²) in [6.45, 7) is 1.62. The lowest BCUT2D eigenvalue weighted by molar-refractivity contribution is -0.138. The third-order valence-corrected chi connectivity index (χ3v) is 8.21. The number of benzene rings is 2. The second-order valence-corrected chi connectivity index (χ2v) is 11.6. The van der Waals surface area contributed by atoms with Crippen molar-refractivity contribution in [2.45, 2.75) is 50.4 Å². The molecule has 1 unspecified atom stereocenters. The summed E-state index contributed by atoms with van der Waals surface area (Å²) in [6.07, 6.45) is 4.47. The van der Waals surface area contributed by atoms with E-state index in [9.17, 15) is 18.0 Å². The van der Waals surface area contributed by atoms with E-state index >= 15 is 0 Å². The van der Waals surface area contributed by atoms with Crippen LogP contribution in [0.1, 0.15) is 48.6 Å². The molecule has 0 bridgehead atoms. The molecule has 0 spiro atoms. The first-order valence-corrected chi connectivity index (χ1v) is 15.0. The highest BCUT2D eigenvalue weighted by atomic mass is 19.4. The number of nitrogens with zero attached hydrogens (tertiary/aromatic N) is 5. The molecule has 3 N–H and O–H groups in total. The summed E-state index contributed by atoms with van der Waals surface area (Å²) >= 11 is 0. The number of aromatic nitrogens is 5. The molecule has 4 heterocycles. The first-order chi connectivity index (χ1) is 21.8. The highest BCUT2D eigenvalue weighted by Gasteiger charge is 2.33. The Bertz CT molecular complexity index is 1880. The van der Waals surface area contributed by atoms with Crippen LogP contribution in [0, 0.1) is 0 Å². The molecular formula is C33H31F3N8O. The minimum Gasteiger partial charge on any atom is -0.381 e. The van der Waals surface area contributed by atoms with Crippen LogP contribution in [0.2, 0.25) is 0 Å². The fourth-order valence-corrected chi connectivity index (χ4v) is 5.70. The molecule has 2 aliphatic rings. The minimum atomic E-state index is -4.59. The number of halogens is 3. The Labute approximate surface area is 257 Å². The average Bonchev–Trinajstić information content (AvgIpc) is 3.90. The molecule has 9 nitrogen and oxygen atoms in total. The van der Waals surface area contributed by atoms with Gasteiger partial charge in [0.1, 0.15) is 11.5 Å². The van der Waals surface area contributed by atoms with Gasteiger partial charge in [0.25, 0.3) is 5.56 Å². The van der Waals surface area contributed by atoms with Crippen LogP contribution < -0.4 is 21.5 Å². The molecule has 7 rings (SSSR count). The fourth-order valence-electron chi connectivity index (χ4n) is 5.70.